The lowest BCUT2D eigenvalue weighted by Crippen LogP contribution is -2.49. The molecule has 0 spiro atoms. The van der Waals surface area contributed by atoms with Crippen LogP contribution in [0.3, 0.4) is 0 Å². The van der Waals surface area contributed by atoms with Gasteiger partial charge in [0, 0.05) is 0 Å². The van der Waals surface area contributed by atoms with Crippen LogP contribution in [0.2, 0.25) is 0 Å². The molecule has 1 heterocycles. The Bertz CT molecular complexity index is 372. The highest BCUT2D eigenvalue weighted by atomic mass is 16.6. The van der Waals surface area contributed by atoms with E-state index in [0.29, 0.717) is 0 Å². The van der Waals surface area contributed by atoms with Crippen molar-refractivity contribution in [1.29, 1.82) is 0 Å². The average Bonchev–Trinajstić information content (AvgIpc) is 2.31. The fourth-order valence-electron chi connectivity index (χ4n) is 2.26. The number of aliphatic carboxylic acids is 1. The maximum atomic E-state index is 12.2. The van der Waals surface area contributed by atoms with Gasteiger partial charge in [-0.3, -0.25) is 9.69 Å². The molecule has 1 amide bonds. The third kappa shape index (κ3) is 3.83. The Hall–Kier alpha value is -1.30. The van der Waals surface area contributed by atoms with Crippen molar-refractivity contribution in [3.05, 3.63) is 0 Å². The van der Waals surface area contributed by atoms with Gasteiger partial charge in [0.2, 0.25) is 0 Å². The Kier molecular flexibility index (Phi) is 4.14. The van der Waals surface area contributed by atoms with Crippen LogP contribution in [0.5, 0.6) is 0 Å². The first-order chi connectivity index (χ1) is 8.44. The van der Waals surface area contributed by atoms with E-state index in [1.165, 1.54) is 4.90 Å². The molecule has 2 atom stereocenters. The summed E-state index contributed by atoms with van der Waals surface area (Å²) < 4.78 is 11.0. The molecule has 1 N–H and O–H groups in total. The van der Waals surface area contributed by atoms with E-state index < -0.39 is 29.5 Å². The van der Waals surface area contributed by atoms with Gasteiger partial charge in [0.05, 0.1) is 18.6 Å². The molecule has 1 saturated heterocycles. The number of carbonyl (C=O) groups excluding carboxylic acids is 1. The Labute approximate surface area is 113 Å². The monoisotopic (exact) mass is 273 g/mol. The predicted molar refractivity (Wildman–Crippen MR) is 68.7 cm³/mol. The summed E-state index contributed by atoms with van der Waals surface area (Å²) in [5.41, 5.74) is -1.47. The molecule has 0 saturated carbocycles. The highest BCUT2D eigenvalue weighted by Crippen LogP contribution is 2.34. The molecule has 6 heteroatoms. The molecule has 1 fully saturated rings. The fourth-order valence-corrected chi connectivity index (χ4v) is 2.26. The van der Waals surface area contributed by atoms with Crippen molar-refractivity contribution < 1.29 is 24.2 Å². The van der Waals surface area contributed by atoms with Crippen LogP contribution in [-0.4, -0.2) is 45.5 Å². The average molecular weight is 273 g/mol. The Morgan fingerprint density at radius 3 is 2.32 bits per heavy atom. The third-order valence-electron chi connectivity index (χ3n) is 2.93. The first-order valence-corrected chi connectivity index (χ1v) is 6.36. The van der Waals surface area contributed by atoms with Crippen molar-refractivity contribution in [3.8, 4) is 0 Å². The Morgan fingerprint density at radius 1 is 1.37 bits per heavy atom. The van der Waals surface area contributed by atoms with Crippen LogP contribution in [0.4, 0.5) is 4.79 Å². The first kappa shape index (κ1) is 15.8. The van der Waals surface area contributed by atoms with E-state index in [1.807, 2.05) is 0 Å². The van der Waals surface area contributed by atoms with Crippen molar-refractivity contribution in [1.82, 2.24) is 4.90 Å². The van der Waals surface area contributed by atoms with Gasteiger partial charge in [-0.2, -0.15) is 0 Å². The predicted octanol–water partition coefficient (Wildman–Crippen LogP) is 2.22. The summed E-state index contributed by atoms with van der Waals surface area (Å²) in [6.07, 6.45) is -1.15. The molecule has 0 radical (unpaired) electrons. The van der Waals surface area contributed by atoms with Crippen molar-refractivity contribution in [3.63, 3.8) is 0 Å². The second-order valence-electron chi connectivity index (χ2n) is 6.29. The van der Waals surface area contributed by atoms with Gasteiger partial charge in [0.25, 0.3) is 0 Å². The number of hydrogen-bond acceptors (Lipinski definition) is 4. The maximum absolute atomic E-state index is 12.2. The van der Waals surface area contributed by atoms with E-state index in [2.05, 4.69) is 0 Å². The van der Waals surface area contributed by atoms with E-state index in [0.717, 1.165) is 0 Å². The molecule has 1 aliphatic rings. The van der Waals surface area contributed by atoms with Gasteiger partial charge in [-0.05, 0) is 41.5 Å². The topological polar surface area (TPSA) is 76.1 Å². The minimum absolute atomic E-state index is 0.135. The lowest BCUT2D eigenvalue weighted by Gasteiger charge is -2.34. The van der Waals surface area contributed by atoms with Crippen LogP contribution in [-0.2, 0) is 14.3 Å². The quantitative estimate of drug-likeness (QED) is 0.834. The van der Waals surface area contributed by atoms with Crippen LogP contribution in [0.1, 0.15) is 48.0 Å². The van der Waals surface area contributed by atoms with Crippen molar-refractivity contribution in [2.24, 2.45) is 0 Å². The summed E-state index contributed by atoms with van der Waals surface area (Å²) in [5.74, 6) is -0.946. The molecule has 0 bridgehead atoms. The van der Waals surface area contributed by atoms with Crippen LogP contribution in [0, 0.1) is 0 Å². The van der Waals surface area contributed by atoms with Gasteiger partial charge in [0.15, 0.2) is 0 Å². The second-order valence-corrected chi connectivity index (χ2v) is 6.29. The minimum atomic E-state index is -0.946. The lowest BCUT2D eigenvalue weighted by molar-refractivity contribution is -0.141. The number of hydrogen-bond donors (Lipinski definition) is 1. The SMILES string of the molecule is C[C@@H]1[C@@H](CC(=O)O)OC(C)(C)N1C(=O)OC(C)(C)C. The Balaban J connectivity index is 2.87. The first-order valence-electron chi connectivity index (χ1n) is 6.36. The van der Waals surface area contributed by atoms with Gasteiger partial charge < -0.3 is 14.6 Å². The molecular weight excluding hydrogens is 250 g/mol. The molecule has 0 unspecified atom stereocenters. The largest absolute Gasteiger partial charge is 0.481 e. The Morgan fingerprint density at radius 2 is 1.89 bits per heavy atom. The summed E-state index contributed by atoms with van der Waals surface area (Å²) >= 11 is 0. The van der Waals surface area contributed by atoms with E-state index in [-0.39, 0.29) is 12.5 Å². The third-order valence-corrected chi connectivity index (χ3v) is 2.93. The normalized spacial score (nSPS) is 26.3. The molecule has 0 aromatic rings. The number of ether oxygens (including phenoxy) is 2. The van der Waals surface area contributed by atoms with E-state index >= 15 is 0 Å². The van der Waals surface area contributed by atoms with Crippen LogP contribution in [0.15, 0.2) is 0 Å². The number of nitrogens with zero attached hydrogens (tertiary/aromatic N) is 1. The summed E-state index contributed by atoms with van der Waals surface area (Å²) in [4.78, 5) is 24.5. The molecule has 1 rings (SSSR count). The van der Waals surface area contributed by atoms with Gasteiger partial charge in [0.1, 0.15) is 11.3 Å². The van der Waals surface area contributed by atoms with E-state index in [9.17, 15) is 9.59 Å². The second kappa shape index (κ2) is 5.00. The van der Waals surface area contributed by atoms with Crippen LogP contribution in [0.25, 0.3) is 0 Å². The van der Waals surface area contributed by atoms with Crippen LogP contribution < -0.4 is 0 Å². The van der Waals surface area contributed by atoms with Gasteiger partial charge in [-0.1, -0.05) is 0 Å². The van der Waals surface area contributed by atoms with Crippen molar-refractivity contribution in [2.75, 3.05) is 0 Å². The minimum Gasteiger partial charge on any atom is -0.481 e. The summed E-state index contributed by atoms with van der Waals surface area (Å²) in [5, 5.41) is 8.86. The zero-order valence-corrected chi connectivity index (χ0v) is 12.4. The number of carboxylic acids is 1. The zero-order valence-electron chi connectivity index (χ0n) is 12.4. The highest BCUT2D eigenvalue weighted by Gasteiger charge is 2.49. The standard InChI is InChI=1S/C13H23NO5/c1-8-9(7-10(15)16)18-13(5,6)14(8)11(17)19-12(2,3)4/h8-9H,7H2,1-6H3,(H,15,16)/t8-,9-/m1/s1. The summed E-state index contributed by atoms with van der Waals surface area (Å²) in [6.45, 7) is 10.6. The summed E-state index contributed by atoms with van der Waals surface area (Å²) in [6, 6.07) is -0.346. The molecule has 0 aromatic heterocycles. The van der Waals surface area contributed by atoms with E-state index in [4.69, 9.17) is 14.6 Å². The number of carboxylic acid groups (broad SMARTS) is 1. The smallest absolute Gasteiger partial charge is 0.412 e. The van der Waals surface area contributed by atoms with Crippen LogP contribution >= 0.6 is 0 Å². The van der Waals surface area contributed by atoms with Crippen molar-refractivity contribution in [2.45, 2.75) is 71.4 Å². The molecule has 1 aliphatic heterocycles. The molecule has 0 aliphatic carbocycles. The molecule has 110 valence electrons. The number of amides is 1. The van der Waals surface area contributed by atoms with Gasteiger partial charge >= 0.3 is 12.1 Å². The molecule has 6 nitrogen and oxygen atoms in total. The van der Waals surface area contributed by atoms with Gasteiger partial charge in [-0.15, -0.1) is 0 Å². The van der Waals surface area contributed by atoms with Gasteiger partial charge in [-0.25, -0.2) is 4.79 Å². The highest BCUT2D eigenvalue weighted by molar-refractivity contribution is 5.71. The van der Waals surface area contributed by atoms with Crippen molar-refractivity contribution >= 4 is 12.1 Å². The molecular formula is C13H23NO5. The zero-order chi connectivity index (χ0) is 15.0. The summed E-state index contributed by atoms with van der Waals surface area (Å²) in [7, 11) is 0. The maximum Gasteiger partial charge on any atom is 0.412 e. The lowest BCUT2D eigenvalue weighted by atomic mass is 10.1. The van der Waals surface area contributed by atoms with E-state index in [1.54, 1.807) is 41.5 Å². The molecule has 19 heavy (non-hydrogen) atoms. The molecule has 0 aromatic carbocycles. The fraction of sp³-hybridized carbons (Fsp3) is 0.846. The number of carbonyl (C=O) groups is 2. The number of rotatable bonds is 2.